The van der Waals surface area contributed by atoms with Crippen molar-refractivity contribution >= 4 is 5.91 Å². The highest BCUT2D eigenvalue weighted by Crippen LogP contribution is 2.35. The van der Waals surface area contributed by atoms with E-state index in [2.05, 4.69) is 22.6 Å². The van der Waals surface area contributed by atoms with Gasteiger partial charge in [-0.3, -0.25) is 4.79 Å². The number of hydrogen-bond donors (Lipinski definition) is 1. The Morgan fingerprint density at radius 1 is 1.23 bits per heavy atom. The Balaban J connectivity index is 1.71. The summed E-state index contributed by atoms with van der Waals surface area (Å²) in [6.45, 7) is 5.68. The van der Waals surface area contributed by atoms with E-state index in [0.29, 0.717) is 25.5 Å². The molecule has 1 fully saturated rings. The quantitative estimate of drug-likeness (QED) is 0.859. The van der Waals surface area contributed by atoms with Crippen LogP contribution in [0.15, 0.2) is 28.8 Å². The van der Waals surface area contributed by atoms with Crippen molar-refractivity contribution in [3.8, 4) is 5.75 Å². The molecule has 1 aromatic carbocycles. The van der Waals surface area contributed by atoms with Crippen LogP contribution in [0.25, 0.3) is 0 Å². The molecule has 6 nitrogen and oxygen atoms in total. The molecule has 1 amide bonds. The highest BCUT2D eigenvalue weighted by atomic mass is 16.5. The van der Waals surface area contributed by atoms with Crippen LogP contribution in [0.1, 0.15) is 35.4 Å². The summed E-state index contributed by atoms with van der Waals surface area (Å²) < 4.78 is 16.0. The molecule has 2 aromatic rings. The first-order valence-electron chi connectivity index (χ1n) is 8.95. The van der Waals surface area contributed by atoms with Crippen LogP contribution in [0.4, 0.5) is 0 Å². The number of amides is 1. The summed E-state index contributed by atoms with van der Waals surface area (Å²) >= 11 is 0. The fourth-order valence-corrected chi connectivity index (χ4v) is 3.52. The summed E-state index contributed by atoms with van der Waals surface area (Å²) in [4.78, 5) is 12.5. The number of carbonyl (C=O) groups is 1. The Kier molecular flexibility index (Phi) is 5.61. The van der Waals surface area contributed by atoms with Crippen molar-refractivity contribution < 1.29 is 18.8 Å². The molecule has 1 aromatic heterocycles. The zero-order valence-corrected chi connectivity index (χ0v) is 15.6. The van der Waals surface area contributed by atoms with Gasteiger partial charge in [0.2, 0.25) is 5.91 Å². The van der Waals surface area contributed by atoms with Gasteiger partial charge in [0.05, 0.1) is 19.2 Å². The van der Waals surface area contributed by atoms with E-state index in [-0.39, 0.29) is 17.7 Å². The lowest BCUT2D eigenvalue weighted by Gasteiger charge is -2.38. The van der Waals surface area contributed by atoms with Crippen LogP contribution in [0.2, 0.25) is 0 Å². The van der Waals surface area contributed by atoms with Crippen LogP contribution in [0.5, 0.6) is 5.75 Å². The predicted octanol–water partition coefficient (Wildman–Crippen LogP) is 2.71. The van der Waals surface area contributed by atoms with Gasteiger partial charge < -0.3 is 19.3 Å². The standard InChI is InChI=1S/C20H26N2O4/c1-14-18(15(2)26-22-14)12-19(23)21-13-20(8-10-25-11-9-20)16-4-6-17(24-3)7-5-16/h4-7H,8-13H2,1-3H3,(H,21,23). The summed E-state index contributed by atoms with van der Waals surface area (Å²) in [7, 11) is 1.66. The average molecular weight is 358 g/mol. The lowest BCUT2D eigenvalue weighted by atomic mass is 9.74. The first kappa shape index (κ1) is 18.5. The summed E-state index contributed by atoms with van der Waals surface area (Å²) in [6, 6.07) is 8.12. The molecule has 1 aliphatic heterocycles. The van der Waals surface area contributed by atoms with E-state index in [0.717, 1.165) is 29.8 Å². The van der Waals surface area contributed by atoms with Gasteiger partial charge in [0.15, 0.2) is 0 Å². The fourth-order valence-electron chi connectivity index (χ4n) is 3.52. The van der Waals surface area contributed by atoms with Crippen LogP contribution in [-0.2, 0) is 21.4 Å². The Morgan fingerprint density at radius 2 is 1.92 bits per heavy atom. The normalized spacial score (nSPS) is 16.3. The van der Waals surface area contributed by atoms with Crippen LogP contribution in [0, 0.1) is 13.8 Å². The topological polar surface area (TPSA) is 73.6 Å². The van der Waals surface area contributed by atoms with Crippen molar-refractivity contribution in [1.82, 2.24) is 10.5 Å². The number of methoxy groups -OCH3 is 1. The molecule has 2 heterocycles. The largest absolute Gasteiger partial charge is 0.497 e. The van der Waals surface area contributed by atoms with E-state index in [1.165, 1.54) is 5.56 Å². The number of benzene rings is 1. The van der Waals surface area contributed by atoms with E-state index in [1.807, 2.05) is 26.0 Å². The van der Waals surface area contributed by atoms with Crippen molar-refractivity contribution in [3.05, 3.63) is 46.8 Å². The minimum atomic E-state index is -0.112. The summed E-state index contributed by atoms with van der Waals surface area (Å²) in [5, 5.41) is 7.03. The monoisotopic (exact) mass is 358 g/mol. The number of aromatic nitrogens is 1. The minimum absolute atomic E-state index is 0.0150. The molecule has 0 saturated carbocycles. The van der Waals surface area contributed by atoms with Crippen molar-refractivity contribution in [1.29, 1.82) is 0 Å². The van der Waals surface area contributed by atoms with E-state index >= 15 is 0 Å². The smallest absolute Gasteiger partial charge is 0.224 e. The third-order valence-corrected chi connectivity index (χ3v) is 5.29. The number of rotatable bonds is 6. The number of nitrogens with zero attached hydrogens (tertiary/aromatic N) is 1. The molecule has 26 heavy (non-hydrogen) atoms. The second-order valence-electron chi connectivity index (χ2n) is 6.88. The Morgan fingerprint density at radius 3 is 2.50 bits per heavy atom. The molecule has 0 unspecified atom stereocenters. The number of nitrogens with one attached hydrogen (secondary N) is 1. The summed E-state index contributed by atoms with van der Waals surface area (Å²) in [5.41, 5.74) is 2.74. The second-order valence-corrected chi connectivity index (χ2v) is 6.88. The van der Waals surface area contributed by atoms with E-state index in [4.69, 9.17) is 14.0 Å². The fraction of sp³-hybridized carbons (Fsp3) is 0.500. The molecule has 1 aliphatic rings. The molecule has 6 heteroatoms. The van der Waals surface area contributed by atoms with Gasteiger partial charge in [0.25, 0.3) is 0 Å². The van der Waals surface area contributed by atoms with Crippen molar-refractivity contribution in [2.45, 2.75) is 38.5 Å². The van der Waals surface area contributed by atoms with Crippen LogP contribution < -0.4 is 10.1 Å². The van der Waals surface area contributed by atoms with Gasteiger partial charge in [0, 0.05) is 30.7 Å². The van der Waals surface area contributed by atoms with Gasteiger partial charge in [-0.15, -0.1) is 0 Å². The Bertz CT molecular complexity index is 726. The Hall–Kier alpha value is -2.34. The number of carbonyl (C=O) groups excluding carboxylic acids is 1. The zero-order chi connectivity index (χ0) is 18.6. The first-order chi connectivity index (χ1) is 12.5. The average Bonchev–Trinajstić information content (AvgIpc) is 2.99. The maximum Gasteiger partial charge on any atom is 0.224 e. The molecule has 0 bridgehead atoms. The number of hydrogen-bond acceptors (Lipinski definition) is 5. The molecule has 0 atom stereocenters. The molecule has 140 valence electrons. The highest BCUT2D eigenvalue weighted by molar-refractivity contribution is 5.79. The molecule has 1 N–H and O–H groups in total. The number of ether oxygens (including phenoxy) is 2. The SMILES string of the molecule is COc1ccc(C2(CNC(=O)Cc3c(C)noc3C)CCOCC2)cc1. The van der Waals surface area contributed by atoms with Crippen molar-refractivity contribution in [2.75, 3.05) is 26.9 Å². The molecule has 0 radical (unpaired) electrons. The maximum absolute atomic E-state index is 12.5. The maximum atomic E-state index is 12.5. The Labute approximate surface area is 153 Å². The summed E-state index contributed by atoms with van der Waals surface area (Å²) in [5.74, 6) is 1.52. The molecular weight excluding hydrogens is 332 g/mol. The predicted molar refractivity (Wildman–Crippen MR) is 97.4 cm³/mol. The third kappa shape index (κ3) is 3.90. The highest BCUT2D eigenvalue weighted by Gasteiger charge is 2.35. The minimum Gasteiger partial charge on any atom is -0.497 e. The van der Waals surface area contributed by atoms with Crippen molar-refractivity contribution in [2.24, 2.45) is 0 Å². The van der Waals surface area contributed by atoms with Gasteiger partial charge in [-0.25, -0.2) is 0 Å². The van der Waals surface area contributed by atoms with E-state index in [9.17, 15) is 4.79 Å². The van der Waals surface area contributed by atoms with Crippen LogP contribution in [-0.4, -0.2) is 37.9 Å². The molecule has 1 saturated heterocycles. The van der Waals surface area contributed by atoms with Crippen LogP contribution >= 0.6 is 0 Å². The van der Waals surface area contributed by atoms with Gasteiger partial charge in [-0.05, 0) is 44.4 Å². The van der Waals surface area contributed by atoms with Gasteiger partial charge in [-0.2, -0.15) is 0 Å². The molecular formula is C20H26N2O4. The van der Waals surface area contributed by atoms with Gasteiger partial charge >= 0.3 is 0 Å². The lowest BCUT2D eigenvalue weighted by molar-refractivity contribution is -0.121. The lowest BCUT2D eigenvalue weighted by Crippen LogP contribution is -2.45. The summed E-state index contributed by atoms with van der Waals surface area (Å²) in [6.07, 6.45) is 2.05. The van der Waals surface area contributed by atoms with Crippen molar-refractivity contribution in [3.63, 3.8) is 0 Å². The van der Waals surface area contributed by atoms with Gasteiger partial charge in [0.1, 0.15) is 11.5 Å². The van der Waals surface area contributed by atoms with E-state index in [1.54, 1.807) is 7.11 Å². The zero-order valence-electron chi connectivity index (χ0n) is 15.6. The molecule has 0 aliphatic carbocycles. The molecule has 0 spiro atoms. The van der Waals surface area contributed by atoms with Gasteiger partial charge in [-0.1, -0.05) is 17.3 Å². The second kappa shape index (κ2) is 7.91. The van der Waals surface area contributed by atoms with Crippen LogP contribution in [0.3, 0.4) is 0 Å². The molecule has 3 rings (SSSR count). The first-order valence-corrected chi connectivity index (χ1v) is 8.95. The van der Waals surface area contributed by atoms with E-state index < -0.39 is 0 Å². The number of aryl methyl sites for hydroxylation is 2. The third-order valence-electron chi connectivity index (χ3n) is 5.29.